The Kier molecular flexibility index (Phi) is 8.07. The third-order valence-corrected chi connectivity index (χ3v) is 5.15. The van der Waals surface area contributed by atoms with Crippen molar-refractivity contribution in [1.29, 1.82) is 0 Å². The van der Waals surface area contributed by atoms with Crippen LogP contribution in [0.3, 0.4) is 0 Å². The molecule has 3 rings (SSSR count). The zero-order valence-corrected chi connectivity index (χ0v) is 19.0. The maximum Gasteiger partial charge on any atom is 0.411 e. The SMILES string of the molecule is Cc1nc(CCOc2ccc(CN(C(=O)OCc3ccccc3)C(C)C(=O)O)cc2)c(C)o1. The van der Waals surface area contributed by atoms with Gasteiger partial charge in [-0.05, 0) is 37.1 Å². The van der Waals surface area contributed by atoms with Crippen molar-refractivity contribution >= 4 is 12.1 Å². The minimum absolute atomic E-state index is 0.0693. The van der Waals surface area contributed by atoms with Crippen LogP contribution in [0.4, 0.5) is 4.79 Å². The number of rotatable bonds is 10. The minimum atomic E-state index is -1.11. The second kappa shape index (κ2) is 11.2. The highest BCUT2D eigenvalue weighted by Crippen LogP contribution is 2.17. The van der Waals surface area contributed by atoms with Gasteiger partial charge >= 0.3 is 12.1 Å². The lowest BCUT2D eigenvalue weighted by atomic mass is 10.2. The first-order valence-corrected chi connectivity index (χ1v) is 10.7. The normalized spacial score (nSPS) is 11.6. The van der Waals surface area contributed by atoms with Gasteiger partial charge in [0.2, 0.25) is 0 Å². The van der Waals surface area contributed by atoms with Gasteiger partial charge in [0.05, 0.1) is 12.3 Å². The lowest BCUT2D eigenvalue weighted by molar-refractivity contribution is -0.142. The summed E-state index contributed by atoms with van der Waals surface area (Å²) >= 11 is 0. The van der Waals surface area contributed by atoms with E-state index in [-0.39, 0.29) is 13.2 Å². The molecule has 0 spiro atoms. The van der Waals surface area contributed by atoms with Crippen molar-refractivity contribution in [3.8, 4) is 5.75 Å². The van der Waals surface area contributed by atoms with Crippen LogP contribution < -0.4 is 4.74 Å². The van der Waals surface area contributed by atoms with Crippen molar-refractivity contribution in [1.82, 2.24) is 9.88 Å². The zero-order valence-electron chi connectivity index (χ0n) is 19.0. The first-order valence-electron chi connectivity index (χ1n) is 10.7. The number of aliphatic carboxylic acids is 1. The van der Waals surface area contributed by atoms with Gasteiger partial charge in [-0.2, -0.15) is 0 Å². The third kappa shape index (κ3) is 6.83. The van der Waals surface area contributed by atoms with Crippen molar-refractivity contribution < 1.29 is 28.6 Å². The number of benzene rings is 2. The van der Waals surface area contributed by atoms with Gasteiger partial charge in [0.1, 0.15) is 24.2 Å². The second-order valence-electron chi connectivity index (χ2n) is 7.66. The first kappa shape index (κ1) is 23.8. The second-order valence-corrected chi connectivity index (χ2v) is 7.66. The van der Waals surface area contributed by atoms with Crippen LogP contribution in [0.2, 0.25) is 0 Å². The number of hydrogen-bond acceptors (Lipinski definition) is 6. The van der Waals surface area contributed by atoms with Crippen LogP contribution in [0, 0.1) is 13.8 Å². The average molecular weight is 453 g/mol. The van der Waals surface area contributed by atoms with E-state index in [1.165, 1.54) is 11.8 Å². The summed E-state index contributed by atoms with van der Waals surface area (Å²) in [5.41, 5.74) is 2.46. The first-order chi connectivity index (χ1) is 15.8. The Hall–Kier alpha value is -3.81. The smallest absolute Gasteiger partial charge is 0.411 e. The fourth-order valence-electron chi connectivity index (χ4n) is 3.25. The molecule has 3 aromatic rings. The number of ether oxygens (including phenoxy) is 2. The van der Waals surface area contributed by atoms with E-state index in [9.17, 15) is 14.7 Å². The summed E-state index contributed by atoms with van der Waals surface area (Å²) in [5, 5.41) is 9.44. The lowest BCUT2D eigenvalue weighted by Crippen LogP contribution is -2.43. The molecule has 0 aliphatic heterocycles. The summed E-state index contributed by atoms with van der Waals surface area (Å²) in [7, 11) is 0. The molecule has 1 heterocycles. The van der Waals surface area contributed by atoms with Gasteiger partial charge in [-0.1, -0.05) is 42.5 Å². The number of nitrogens with zero attached hydrogens (tertiary/aromatic N) is 2. The molecule has 1 atom stereocenters. The standard InChI is InChI=1S/C25H28N2O6/c1-17(24(28)29)27(25(30)32-16-21-7-5-4-6-8-21)15-20-9-11-22(12-10-20)31-14-13-23-18(2)33-19(3)26-23/h4-12,17H,13-16H2,1-3H3,(H,28,29). The molecule has 0 aliphatic rings. The van der Waals surface area contributed by atoms with Gasteiger partial charge < -0.3 is 19.0 Å². The summed E-state index contributed by atoms with van der Waals surface area (Å²) in [5.74, 6) is 0.985. The number of hydrogen-bond donors (Lipinski definition) is 1. The van der Waals surface area contributed by atoms with Gasteiger partial charge in [-0.15, -0.1) is 0 Å². The lowest BCUT2D eigenvalue weighted by Gasteiger charge is -2.26. The molecule has 1 N–H and O–H groups in total. The number of carboxylic acid groups (broad SMARTS) is 1. The van der Waals surface area contributed by atoms with E-state index in [1.54, 1.807) is 24.3 Å². The molecule has 0 bridgehead atoms. The molecule has 0 saturated carbocycles. The monoisotopic (exact) mass is 452 g/mol. The van der Waals surface area contributed by atoms with Gasteiger partial charge in [-0.3, -0.25) is 4.90 Å². The molecule has 2 aromatic carbocycles. The van der Waals surface area contributed by atoms with E-state index in [1.807, 2.05) is 44.2 Å². The van der Waals surface area contributed by atoms with Gasteiger partial charge in [0.25, 0.3) is 0 Å². The van der Waals surface area contributed by atoms with Crippen molar-refractivity contribution in [3.05, 3.63) is 83.1 Å². The number of aryl methyl sites for hydroxylation is 2. The fourth-order valence-corrected chi connectivity index (χ4v) is 3.25. The molecule has 0 fully saturated rings. The Balaban J connectivity index is 1.58. The number of aromatic nitrogens is 1. The highest BCUT2D eigenvalue weighted by Gasteiger charge is 2.27. The molecule has 0 radical (unpaired) electrons. The average Bonchev–Trinajstić information content (AvgIpc) is 3.13. The largest absolute Gasteiger partial charge is 0.493 e. The van der Waals surface area contributed by atoms with E-state index in [2.05, 4.69) is 4.98 Å². The van der Waals surface area contributed by atoms with Crippen LogP contribution in [0.1, 0.15) is 35.4 Å². The third-order valence-electron chi connectivity index (χ3n) is 5.15. The highest BCUT2D eigenvalue weighted by molar-refractivity contribution is 5.79. The Morgan fingerprint density at radius 3 is 2.36 bits per heavy atom. The van der Waals surface area contributed by atoms with E-state index in [0.29, 0.717) is 24.7 Å². The van der Waals surface area contributed by atoms with Gasteiger partial charge in [-0.25, -0.2) is 14.6 Å². The molecule has 174 valence electrons. The highest BCUT2D eigenvalue weighted by atomic mass is 16.6. The van der Waals surface area contributed by atoms with Crippen LogP contribution >= 0.6 is 0 Å². The van der Waals surface area contributed by atoms with Crippen molar-refractivity contribution in [2.24, 2.45) is 0 Å². The molecule has 1 aromatic heterocycles. The predicted molar refractivity (Wildman–Crippen MR) is 121 cm³/mol. The molecule has 1 unspecified atom stereocenters. The van der Waals surface area contributed by atoms with Crippen LogP contribution in [-0.2, 0) is 29.1 Å². The zero-order chi connectivity index (χ0) is 23.8. The summed E-state index contributed by atoms with van der Waals surface area (Å²) in [6.45, 7) is 5.75. The van der Waals surface area contributed by atoms with Crippen molar-refractivity contribution in [2.75, 3.05) is 6.61 Å². The summed E-state index contributed by atoms with van der Waals surface area (Å²) in [6, 6.07) is 15.4. The van der Waals surface area contributed by atoms with Crippen LogP contribution in [0.5, 0.6) is 5.75 Å². The molecule has 33 heavy (non-hydrogen) atoms. The maximum absolute atomic E-state index is 12.6. The van der Waals surface area contributed by atoms with Gasteiger partial charge in [0.15, 0.2) is 5.89 Å². The van der Waals surface area contributed by atoms with Crippen LogP contribution in [0.25, 0.3) is 0 Å². The molecule has 8 heteroatoms. The van der Waals surface area contributed by atoms with Crippen molar-refractivity contribution in [2.45, 2.75) is 46.4 Å². The number of carbonyl (C=O) groups excluding carboxylic acids is 1. The van der Waals surface area contributed by atoms with Crippen molar-refractivity contribution in [3.63, 3.8) is 0 Å². The van der Waals surface area contributed by atoms with E-state index >= 15 is 0 Å². The number of amides is 1. The van der Waals surface area contributed by atoms with E-state index in [4.69, 9.17) is 13.9 Å². The molecule has 8 nitrogen and oxygen atoms in total. The Morgan fingerprint density at radius 1 is 1.06 bits per heavy atom. The van der Waals surface area contributed by atoms with E-state index in [0.717, 1.165) is 22.6 Å². The quantitative estimate of drug-likeness (QED) is 0.482. The molecular weight excluding hydrogens is 424 g/mol. The number of oxazole rings is 1. The topological polar surface area (TPSA) is 102 Å². The fraction of sp³-hybridized carbons (Fsp3) is 0.320. The van der Waals surface area contributed by atoms with E-state index < -0.39 is 18.1 Å². The summed E-state index contributed by atoms with van der Waals surface area (Å²) < 4.78 is 16.5. The molecule has 0 saturated heterocycles. The minimum Gasteiger partial charge on any atom is -0.493 e. The maximum atomic E-state index is 12.6. The Morgan fingerprint density at radius 2 is 1.76 bits per heavy atom. The Labute approximate surface area is 192 Å². The molecular formula is C25H28N2O6. The van der Waals surface area contributed by atoms with Gasteiger partial charge in [0, 0.05) is 19.9 Å². The number of carboxylic acids is 1. The van der Waals surface area contributed by atoms with Crippen LogP contribution in [0.15, 0.2) is 59.0 Å². The summed E-state index contributed by atoms with van der Waals surface area (Å²) in [6.07, 6.45) is -0.0606. The summed E-state index contributed by atoms with van der Waals surface area (Å²) in [4.78, 5) is 29.7. The predicted octanol–water partition coefficient (Wildman–Crippen LogP) is 4.52. The Bertz CT molecular complexity index is 1060. The molecule has 1 amide bonds. The van der Waals surface area contributed by atoms with Crippen LogP contribution in [-0.4, -0.2) is 39.7 Å². The number of carbonyl (C=O) groups is 2. The molecule has 0 aliphatic carbocycles.